The topological polar surface area (TPSA) is 97.2 Å². The molecule has 2 bridgehead atoms. The maximum Gasteiger partial charge on any atom is 0.482 e. The first-order valence-corrected chi connectivity index (χ1v) is 11.4. The molecule has 2 radical (unpaired) electrons. The second kappa shape index (κ2) is 12.4. The van der Waals surface area contributed by atoms with E-state index in [9.17, 15) is 0 Å². The summed E-state index contributed by atoms with van der Waals surface area (Å²) in [5, 5.41) is 4.78. The van der Waals surface area contributed by atoms with Crippen molar-refractivity contribution in [3.05, 3.63) is 48.2 Å². The number of hydrogen-bond acceptors (Lipinski definition) is 3. The molecule has 0 amide bonds. The highest BCUT2D eigenvalue weighted by molar-refractivity contribution is 6.02. The van der Waals surface area contributed by atoms with Crippen LogP contribution in [0.15, 0.2) is 42.6 Å². The molecule has 30 heavy (non-hydrogen) atoms. The Balaban J connectivity index is 0.00000160. The highest BCUT2D eigenvalue weighted by Gasteiger charge is 2.30. The third kappa shape index (κ3) is 6.06. The van der Waals surface area contributed by atoms with Crippen LogP contribution in [0.1, 0.15) is 56.9 Å². The van der Waals surface area contributed by atoms with Gasteiger partial charge in [0.1, 0.15) is 11.3 Å². The number of nitrogens with one attached hydrogen (secondary N) is 1. The quantitative estimate of drug-likeness (QED) is 0.356. The van der Waals surface area contributed by atoms with Gasteiger partial charge in [0.05, 0.1) is 0 Å². The summed E-state index contributed by atoms with van der Waals surface area (Å²) in [6.45, 7) is 1.97. The highest BCUT2D eigenvalue weighted by Crippen LogP contribution is 2.42. The molecule has 3 atom stereocenters. The summed E-state index contributed by atoms with van der Waals surface area (Å²) in [7, 11) is 0. The molecule has 1 fully saturated rings. The number of hydrogen-bond donors (Lipinski definition) is 1. The van der Waals surface area contributed by atoms with E-state index >= 15 is 0 Å². The summed E-state index contributed by atoms with van der Waals surface area (Å²) >= 11 is 2.31. The van der Waals surface area contributed by atoms with Gasteiger partial charge in [-0.3, -0.25) is 4.98 Å². The molecule has 1 aromatic carbocycles. The first kappa shape index (κ1) is 24.8. The van der Waals surface area contributed by atoms with Gasteiger partial charge >= 0.3 is 16.6 Å². The van der Waals surface area contributed by atoms with Gasteiger partial charge < -0.3 is 20.1 Å². The molecule has 0 saturated heterocycles. The number of aromatic nitrogens is 1. The maximum atomic E-state index is 5.35. The largest absolute Gasteiger partial charge is 0.652 e. The Labute approximate surface area is 188 Å². The predicted molar refractivity (Wildman–Crippen MR) is 124 cm³/mol. The molecule has 3 aliphatic carbocycles. The molecule has 1 saturated carbocycles. The fourth-order valence-corrected chi connectivity index (χ4v) is 5.26. The molecule has 3 aliphatic rings. The minimum atomic E-state index is 0. The van der Waals surface area contributed by atoms with E-state index in [0.717, 1.165) is 42.1 Å². The average Bonchev–Trinajstić information content (AvgIpc) is 2.76. The third-order valence-corrected chi connectivity index (χ3v) is 6.91. The van der Waals surface area contributed by atoms with Gasteiger partial charge in [0.15, 0.2) is 0 Å². The van der Waals surface area contributed by atoms with E-state index in [4.69, 9.17) is 3.79 Å². The Kier molecular flexibility index (Phi) is 10.3. The fraction of sp³-hybridized carbons (Fsp3) is 0.542. The Hall–Kier alpha value is -1.42. The van der Waals surface area contributed by atoms with E-state index in [1.165, 1.54) is 62.3 Å². The lowest BCUT2D eigenvalue weighted by Gasteiger charge is -2.38. The zero-order valence-corrected chi connectivity index (χ0v) is 18.9. The Morgan fingerprint density at radius 1 is 1.03 bits per heavy atom. The van der Waals surface area contributed by atoms with Crippen LogP contribution in [0.3, 0.4) is 0 Å². The minimum absolute atomic E-state index is 0. The minimum Gasteiger partial charge on any atom is -0.652 e. The fourth-order valence-electron chi connectivity index (χ4n) is 5.07. The van der Waals surface area contributed by atoms with Crippen LogP contribution in [-0.2, 0) is 6.54 Å². The molecule has 0 aliphatic heterocycles. The summed E-state index contributed by atoms with van der Waals surface area (Å²) in [6.07, 6.45) is 18.0. The van der Waals surface area contributed by atoms with Gasteiger partial charge in [-0.15, -0.1) is 0 Å². The van der Waals surface area contributed by atoms with Crippen LogP contribution in [0, 0.1) is 17.8 Å². The van der Waals surface area contributed by atoms with E-state index in [2.05, 4.69) is 51.2 Å². The lowest BCUT2D eigenvalue weighted by Crippen LogP contribution is -2.27. The van der Waals surface area contributed by atoms with Gasteiger partial charge in [0.25, 0.3) is 0 Å². The van der Waals surface area contributed by atoms with Crippen LogP contribution in [0.4, 0.5) is 0 Å². The molecule has 5 nitrogen and oxygen atoms in total. The molecule has 5 rings (SSSR count). The van der Waals surface area contributed by atoms with Crippen molar-refractivity contribution < 1.29 is 14.7 Å². The van der Waals surface area contributed by atoms with E-state index in [1.54, 1.807) is 0 Å². The van der Waals surface area contributed by atoms with Crippen molar-refractivity contribution in [2.24, 2.45) is 17.8 Å². The normalized spacial score (nSPS) is 21.8. The number of allylic oxidation sites excluding steroid dienone is 2. The summed E-state index contributed by atoms with van der Waals surface area (Å²) in [5.74, 6) is 3.60. The van der Waals surface area contributed by atoms with Crippen molar-refractivity contribution in [1.82, 2.24) is 10.3 Å². The number of unbranched alkanes of at least 4 members (excludes halogenated alkanes) is 3. The predicted octanol–water partition coefficient (Wildman–Crippen LogP) is 3.69. The first-order chi connectivity index (χ1) is 13.8. The van der Waals surface area contributed by atoms with Gasteiger partial charge in [0.2, 0.25) is 0 Å². The zero-order chi connectivity index (χ0) is 19.2. The molecule has 2 aromatic rings. The molecule has 1 heterocycles. The van der Waals surface area contributed by atoms with Gasteiger partial charge in [-0.1, -0.05) is 43.5 Å². The van der Waals surface area contributed by atoms with Crippen LogP contribution in [0.2, 0.25) is 0 Å². The van der Waals surface area contributed by atoms with Crippen molar-refractivity contribution in [3.63, 3.8) is 0 Å². The van der Waals surface area contributed by atoms with Crippen molar-refractivity contribution >= 4 is 27.5 Å². The molecule has 0 spiro atoms. The zero-order valence-electron chi connectivity index (χ0n) is 17.8. The summed E-state index contributed by atoms with van der Waals surface area (Å²) in [4.78, 5) is 4.47. The molecule has 5 N–H and O–H groups in total. The van der Waals surface area contributed by atoms with Crippen molar-refractivity contribution in [1.29, 1.82) is 0 Å². The van der Waals surface area contributed by atoms with Crippen LogP contribution >= 0.6 is 0 Å². The monoisotopic (exact) mass is 426 g/mol. The molecule has 6 heteroatoms. The van der Waals surface area contributed by atoms with Gasteiger partial charge in [-0.05, 0) is 74.1 Å². The van der Waals surface area contributed by atoms with E-state index in [1.807, 2.05) is 18.3 Å². The Bertz CT molecular complexity index is 814. The first-order valence-electron chi connectivity index (χ1n) is 11.0. The van der Waals surface area contributed by atoms with Crippen LogP contribution < -0.4 is 9.11 Å². The second-order valence-corrected chi connectivity index (χ2v) is 8.74. The Morgan fingerprint density at radius 2 is 1.90 bits per heavy atom. The summed E-state index contributed by atoms with van der Waals surface area (Å²) < 4.78 is 5.35. The van der Waals surface area contributed by atoms with E-state index < -0.39 is 0 Å². The SMILES string of the molecule is O.O.[Al][O]c1ccc(CNCCCCCCC2CC3C=CC2CC3)c2cccnc12. The molecule has 1 aromatic heterocycles. The standard InChI is InChI=1S/C24H32N2O.Al.2H2O/c27-23-13-12-21(22-7-5-15-26-24(22)23)17-25-14-4-2-1-3-6-20-16-18-8-10-19(20)11-9-18;;;/h5,7-8,10,12-13,15,18-20,25,27H,1-4,6,9,11,14,16-17H2;;2*1H2/q;+1;;/p-1. The van der Waals surface area contributed by atoms with Gasteiger partial charge in [-0.2, -0.15) is 0 Å². The number of nitrogens with zero attached hydrogens (tertiary/aromatic N) is 1. The lowest BCUT2D eigenvalue weighted by atomic mass is 9.67. The molecule has 162 valence electrons. The van der Waals surface area contributed by atoms with Gasteiger partial charge in [0, 0.05) is 18.1 Å². The van der Waals surface area contributed by atoms with E-state index in [0.29, 0.717) is 0 Å². The van der Waals surface area contributed by atoms with Crippen LogP contribution in [0.5, 0.6) is 5.75 Å². The molecule has 3 unspecified atom stereocenters. The Morgan fingerprint density at radius 3 is 2.63 bits per heavy atom. The highest BCUT2D eigenvalue weighted by atomic mass is 27.1. The van der Waals surface area contributed by atoms with E-state index in [-0.39, 0.29) is 11.0 Å². The number of fused-ring (bicyclic) bond motifs is 3. The lowest BCUT2D eigenvalue weighted by molar-refractivity contribution is 0.205. The summed E-state index contributed by atoms with van der Waals surface area (Å²) in [6, 6.07) is 8.27. The number of benzene rings is 1. The van der Waals surface area contributed by atoms with Gasteiger partial charge in [-0.25, -0.2) is 0 Å². The van der Waals surface area contributed by atoms with Crippen LogP contribution in [0.25, 0.3) is 10.9 Å². The smallest absolute Gasteiger partial charge is 0.482 e. The van der Waals surface area contributed by atoms with Crippen LogP contribution in [-0.4, -0.2) is 39.1 Å². The second-order valence-electron chi connectivity index (χ2n) is 8.50. The average molecular weight is 427 g/mol. The van der Waals surface area contributed by atoms with Crippen molar-refractivity contribution in [3.8, 4) is 5.75 Å². The molecular formula is C24H35AlN2O3. The van der Waals surface area contributed by atoms with Crippen molar-refractivity contribution in [2.45, 2.75) is 57.9 Å². The summed E-state index contributed by atoms with van der Waals surface area (Å²) in [5.41, 5.74) is 2.22. The number of pyridine rings is 1. The van der Waals surface area contributed by atoms with Crippen molar-refractivity contribution in [2.75, 3.05) is 6.54 Å². The number of rotatable bonds is 10. The third-order valence-electron chi connectivity index (χ3n) is 6.66. The maximum absolute atomic E-state index is 5.35. The molecular weight excluding hydrogens is 391 g/mol.